The van der Waals surface area contributed by atoms with Crippen molar-refractivity contribution < 1.29 is 0 Å². The summed E-state index contributed by atoms with van der Waals surface area (Å²) >= 11 is 0. The summed E-state index contributed by atoms with van der Waals surface area (Å²) < 4.78 is 0. The van der Waals surface area contributed by atoms with Gasteiger partial charge in [0.1, 0.15) is 0 Å². The molecule has 0 saturated carbocycles. The van der Waals surface area contributed by atoms with E-state index in [1.807, 2.05) is 0 Å². The Bertz CT molecular complexity index is 361. The molecule has 1 aliphatic carbocycles. The van der Waals surface area contributed by atoms with E-state index in [0.717, 1.165) is 0 Å². The predicted molar refractivity (Wildman–Crippen MR) is 66.1 cm³/mol. The van der Waals surface area contributed by atoms with E-state index in [1.54, 1.807) is 0 Å². The number of allylic oxidation sites excluding steroid dienone is 1. The van der Waals surface area contributed by atoms with Crippen LogP contribution in [-0.2, 0) is 0 Å². The fourth-order valence-electron chi connectivity index (χ4n) is 1.91. The number of hydrogen-bond acceptors (Lipinski definition) is 0. The zero-order valence-corrected chi connectivity index (χ0v) is 8.46. The summed E-state index contributed by atoms with van der Waals surface area (Å²) in [6.45, 7) is 6.65. The van der Waals surface area contributed by atoms with Crippen LogP contribution in [-0.4, -0.2) is 23.1 Å². The van der Waals surface area contributed by atoms with Gasteiger partial charge in [0.2, 0.25) is 0 Å². The highest BCUT2D eigenvalue weighted by Gasteiger charge is 2.14. The number of fused-ring (bicyclic) bond motifs is 1. The first kappa shape index (κ1) is 11.8. The Balaban J connectivity index is 0.000000980. The topological polar surface area (TPSA) is 0 Å². The van der Waals surface area contributed by atoms with Gasteiger partial charge in [-0.2, -0.15) is 0 Å². The highest BCUT2D eigenvalue weighted by molar-refractivity contribution is 5.75. The predicted octanol–water partition coefficient (Wildman–Crippen LogP) is 2.86. The smallest absolute Gasteiger partial charge is 0.0642 e. The van der Waals surface area contributed by atoms with Crippen molar-refractivity contribution >= 4 is 29.1 Å². The van der Waals surface area contributed by atoms with Crippen LogP contribution in [0.25, 0.3) is 6.08 Å². The fraction of sp³-hybridized carbons (Fsp3) is 0.308. The van der Waals surface area contributed by atoms with Gasteiger partial charge in [0.15, 0.2) is 0 Å². The van der Waals surface area contributed by atoms with Crippen molar-refractivity contribution in [2.45, 2.75) is 26.7 Å². The maximum absolute atomic E-state index is 2.28. The largest absolute Gasteiger partial charge is 0.316 e. The van der Waals surface area contributed by atoms with Gasteiger partial charge in [-0.1, -0.05) is 43.7 Å². The molecule has 1 aliphatic rings. The molecule has 1 radical (unpaired) electrons. The molecule has 0 aromatic heterocycles. The van der Waals surface area contributed by atoms with Gasteiger partial charge in [-0.25, -0.2) is 0 Å². The van der Waals surface area contributed by atoms with Crippen LogP contribution < -0.4 is 0 Å². The van der Waals surface area contributed by atoms with Crippen molar-refractivity contribution in [3.63, 3.8) is 0 Å². The maximum atomic E-state index is 2.28. The van der Waals surface area contributed by atoms with E-state index in [2.05, 4.69) is 51.5 Å². The van der Waals surface area contributed by atoms with Crippen molar-refractivity contribution in [1.29, 1.82) is 0 Å². The van der Waals surface area contributed by atoms with Crippen molar-refractivity contribution in [3.8, 4) is 0 Å². The third kappa shape index (κ3) is 2.04. The van der Waals surface area contributed by atoms with E-state index >= 15 is 0 Å². The summed E-state index contributed by atoms with van der Waals surface area (Å²) in [6.07, 6.45) is 4.53. The minimum atomic E-state index is 0. The fourth-order valence-corrected chi connectivity index (χ4v) is 1.91. The van der Waals surface area contributed by atoms with Gasteiger partial charge in [0, 0.05) is 6.42 Å². The highest BCUT2D eigenvalue weighted by Crippen LogP contribution is 2.32. The van der Waals surface area contributed by atoms with Gasteiger partial charge in [0.25, 0.3) is 0 Å². The first-order valence-electron chi connectivity index (χ1n) is 4.84. The highest BCUT2D eigenvalue weighted by atomic mass is 24.3. The second-order valence-electron chi connectivity index (χ2n) is 4.04. The quantitative estimate of drug-likeness (QED) is 0.608. The van der Waals surface area contributed by atoms with E-state index in [0.29, 0.717) is 5.92 Å². The molecule has 0 heterocycles. The molecule has 0 bridgehead atoms. The van der Waals surface area contributed by atoms with Crippen molar-refractivity contribution in [2.24, 2.45) is 0 Å². The number of benzene rings is 1. The molecule has 1 aromatic carbocycles. The van der Waals surface area contributed by atoms with Crippen LogP contribution in [0.5, 0.6) is 0 Å². The molecule has 14 heavy (non-hydrogen) atoms. The third-order valence-corrected chi connectivity index (χ3v) is 2.55. The third-order valence-electron chi connectivity index (χ3n) is 2.55. The Kier molecular flexibility index (Phi) is 3.79. The summed E-state index contributed by atoms with van der Waals surface area (Å²) in [5.74, 6) is 0.616. The van der Waals surface area contributed by atoms with Crippen LogP contribution in [0, 0.1) is 6.42 Å². The first-order chi connectivity index (χ1) is 6.18. The molecule has 1 aromatic rings. The zero-order chi connectivity index (χ0) is 9.42. The van der Waals surface area contributed by atoms with E-state index in [4.69, 9.17) is 0 Å². The van der Waals surface area contributed by atoms with Crippen LogP contribution in [0.15, 0.2) is 23.8 Å². The van der Waals surface area contributed by atoms with Gasteiger partial charge in [-0.15, -0.1) is 0 Å². The molecule has 71 valence electrons. The Morgan fingerprint density at radius 1 is 1.14 bits per heavy atom. The summed E-state index contributed by atoms with van der Waals surface area (Å²) in [5, 5.41) is 0. The van der Waals surface area contributed by atoms with Crippen molar-refractivity contribution in [3.05, 3.63) is 46.9 Å². The normalized spacial score (nSPS) is 13.6. The minimum Gasteiger partial charge on any atom is -0.0642 e. The van der Waals surface area contributed by atoms with Crippen LogP contribution in [0.4, 0.5) is 0 Å². The Morgan fingerprint density at radius 2 is 1.86 bits per heavy atom. The molecule has 0 amide bonds. The van der Waals surface area contributed by atoms with Gasteiger partial charge < -0.3 is 0 Å². The first-order valence-corrected chi connectivity index (χ1v) is 4.84. The van der Waals surface area contributed by atoms with E-state index in [9.17, 15) is 0 Å². The Hall–Kier alpha value is -0.274. The molecular weight excluding hydrogens is 180 g/mol. The Morgan fingerprint density at radius 3 is 2.50 bits per heavy atom. The molecule has 0 fully saturated rings. The second kappa shape index (κ2) is 4.50. The molecule has 0 atom stereocenters. The standard InChI is InChI=1S/C13H15.Mg.2H/c1-9(2)12-6-4-5-11-7-10(3)8-13(11)12;;;/h4-9H,1-3H3;;;. The molecule has 0 nitrogen and oxygen atoms in total. The van der Waals surface area contributed by atoms with Crippen LogP contribution in [0.3, 0.4) is 0 Å². The van der Waals surface area contributed by atoms with Crippen molar-refractivity contribution in [2.75, 3.05) is 0 Å². The van der Waals surface area contributed by atoms with Gasteiger partial charge in [-0.3, -0.25) is 0 Å². The van der Waals surface area contributed by atoms with Gasteiger partial charge in [-0.05, 0) is 29.5 Å². The lowest BCUT2D eigenvalue weighted by Crippen LogP contribution is -1.92. The lowest BCUT2D eigenvalue weighted by atomic mass is 9.95. The molecule has 0 unspecified atom stereocenters. The molecule has 0 N–H and O–H groups in total. The molecular formula is C13H17Mg. The van der Waals surface area contributed by atoms with E-state index in [1.165, 1.54) is 22.3 Å². The van der Waals surface area contributed by atoms with Crippen LogP contribution >= 0.6 is 0 Å². The van der Waals surface area contributed by atoms with Crippen LogP contribution in [0.2, 0.25) is 0 Å². The molecule has 0 saturated heterocycles. The molecule has 2 rings (SSSR count). The van der Waals surface area contributed by atoms with E-state index in [-0.39, 0.29) is 23.1 Å². The number of rotatable bonds is 1. The monoisotopic (exact) mass is 197 g/mol. The van der Waals surface area contributed by atoms with Gasteiger partial charge >= 0.3 is 23.1 Å². The minimum absolute atomic E-state index is 0. The lowest BCUT2D eigenvalue weighted by Gasteiger charge is -2.10. The van der Waals surface area contributed by atoms with Crippen molar-refractivity contribution in [1.82, 2.24) is 0 Å². The van der Waals surface area contributed by atoms with Gasteiger partial charge in [0.05, 0.1) is 0 Å². The summed E-state index contributed by atoms with van der Waals surface area (Å²) in [5.41, 5.74) is 5.63. The summed E-state index contributed by atoms with van der Waals surface area (Å²) in [6, 6.07) is 6.57. The average molecular weight is 198 g/mol. The molecule has 1 heteroatoms. The SMILES string of the molecule is CC1=Cc2c(cccc2C(C)C)[CH]1.[MgH2]. The average Bonchev–Trinajstić information content (AvgIpc) is 2.43. The zero-order valence-electron chi connectivity index (χ0n) is 8.46. The second-order valence-corrected chi connectivity index (χ2v) is 4.04. The summed E-state index contributed by atoms with van der Waals surface area (Å²) in [4.78, 5) is 0. The Labute approximate surface area is 103 Å². The molecule has 0 aliphatic heterocycles. The maximum Gasteiger partial charge on any atom is 0.316 e. The number of hydrogen-bond donors (Lipinski definition) is 0. The lowest BCUT2D eigenvalue weighted by molar-refractivity contribution is 0.863. The molecule has 0 spiro atoms. The van der Waals surface area contributed by atoms with Crippen LogP contribution in [0.1, 0.15) is 43.4 Å². The van der Waals surface area contributed by atoms with E-state index < -0.39 is 0 Å². The summed E-state index contributed by atoms with van der Waals surface area (Å²) in [7, 11) is 0.